The van der Waals surface area contributed by atoms with E-state index in [-0.39, 0.29) is 0 Å². The molecule has 0 aliphatic rings. The molecule has 1 aromatic rings. The summed E-state index contributed by atoms with van der Waals surface area (Å²) in [4.78, 5) is 3.03. The standard InChI is InChI=1S/C12H17NS/c1-10-6-4-5-7-11(10)8-9-12(14)13(2)3/h4-7H,8-9H2,1-3H3. The molecule has 14 heavy (non-hydrogen) atoms. The normalized spacial score (nSPS) is 9.93. The number of thiocarbonyl (C=S) groups is 1. The zero-order valence-electron chi connectivity index (χ0n) is 9.08. The lowest BCUT2D eigenvalue weighted by Crippen LogP contribution is -2.19. The Kier molecular flexibility index (Phi) is 4.08. The van der Waals surface area contributed by atoms with Crippen LogP contribution in [0.2, 0.25) is 0 Å². The summed E-state index contributed by atoms with van der Waals surface area (Å²) >= 11 is 5.25. The second-order valence-corrected chi connectivity index (χ2v) is 4.19. The van der Waals surface area contributed by atoms with Crippen LogP contribution in [0.5, 0.6) is 0 Å². The molecule has 0 heterocycles. The molecule has 0 unspecified atom stereocenters. The first-order valence-corrected chi connectivity index (χ1v) is 5.26. The maximum atomic E-state index is 5.25. The van der Waals surface area contributed by atoms with Crippen LogP contribution in [0.25, 0.3) is 0 Å². The van der Waals surface area contributed by atoms with Gasteiger partial charge in [0.05, 0.1) is 4.99 Å². The highest BCUT2D eigenvalue weighted by atomic mass is 32.1. The lowest BCUT2D eigenvalue weighted by Gasteiger charge is -2.13. The van der Waals surface area contributed by atoms with Crippen molar-refractivity contribution in [2.75, 3.05) is 14.1 Å². The topological polar surface area (TPSA) is 3.24 Å². The van der Waals surface area contributed by atoms with Crippen LogP contribution in [-0.4, -0.2) is 24.0 Å². The van der Waals surface area contributed by atoms with Crippen molar-refractivity contribution in [3.63, 3.8) is 0 Å². The number of benzene rings is 1. The SMILES string of the molecule is Cc1ccccc1CCC(=S)N(C)C. The minimum Gasteiger partial charge on any atom is -0.372 e. The summed E-state index contributed by atoms with van der Waals surface area (Å²) in [6.07, 6.45) is 2.01. The first-order chi connectivity index (χ1) is 6.61. The molecule has 0 aromatic heterocycles. The number of hydrogen-bond donors (Lipinski definition) is 0. The number of rotatable bonds is 3. The van der Waals surface area contributed by atoms with Crippen LogP contribution in [0.15, 0.2) is 24.3 Å². The van der Waals surface area contributed by atoms with Crippen molar-refractivity contribution in [3.05, 3.63) is 35.4 Å². The quantitative estimate of drug-likeness (QED) is 0.701. The van der Waals surface area contributed by atoms with Gasteiger partial charge in [-0.05, 0) is 24.5 Å². The highest BCUT2D eigenvalue weighted by molar-refractivity contribution is 7.80. The third kappa shape index (κ3) is 3.11. The largest absolute Gasteiger partial charge is 0.372 e. The Morgan fingerprint density at radius 1 is 1.29 bits per heavy atom. The predicted molar refractivity (Wildman–Crippen MR) is 65.8 cm³/mol. The number of nitrogens with zero attached hydrogens (tertiary/aromatic N) is 1. The van der Waals surface area contributed by atoms with Crippen LogP contribution in [-0.2, 0) is 6.42 Å². The maximum absolute atomic E-state index is 5.25. The Labute approximate surface area is 91.7 Å². The van der Waals surface area contributed by atoms with Crippen molar-refractivity contribution in [1.29, 1.82) is 0 Å². The van der Waals surface area contributed by atoms with E-state index in [1.807, 2.05) is 19.0 Å². The predicted octanol–water partition coefficient (Wildman–Crippen LogP) is 2.82. The highest BCUT2D eigenvalue weighted by Gasteiger charge is 2.01. The smallest absolute Gasteiger partial charge is 0.0777 e. The van der Waals surface area contributed by atoms with E-state index < -0.39 is 0 Å². The molecule has 1 aromatic carbocycles. The fourth-order valence-electron chi connectivity index (χ4n) is 1.36. The van der Waals surface area contributed by atoms with Gasteiger partial charge < -0.3 is 4.90 Å². The molecule has 0 aliphatic carbocycles. The molecular weight excluding hydrogens is 190 g/mol. The minimum atomic E-state index is 0.965. The molecule has 0 atom stereocenters. The Hall–Kier alpha value is -0.890. The molecule has 0 N–H and O–H groups in total. The second-order valence-electron chi connectivity index (χ2n) is 3.71. The summed E-state index contributed by atoms with van der Waals surface area (Å²) in [7, 11) is 4.00. The van der Waals surface area contributed by atoms with Gasteiger partial charge in [-0.2, -0.15) is 0 Å². The van der Waals surface area contributed by atoms with E-state index in [2.05, 4.69) is 31.2 Å². The van der Waals surface area contributed by atoms with Gasteiger partial charge in [0, 0.05) is 20.5 Å². The maximum Gasteiger partial charge on any atom is 0.0777 e. The van der Waals surface area contributed by atoms with Crippen molar-refractivity contribution in [2.45, 2.75) is 19.8 Å². The first-order valence-electron chi connectivity index (χ1n) is 4.86. The van der Waals surface area contributed by atoms with Crippen LogP contribution in [0.3, 0.4) is 0 Å². The molecule has 0 saturated heterocycles. The van der Waals surface area contributed by atoms with Crippen LogP contribution in [0, 0.1) is 6.92 Å². The van der Waals surface area contributed by atoms with Gasteiger partial charge in [0.1, 0.15) is 0 Å². The highest BCUT2D eigenvalue weighted by Crippen LogP contribution is 2.10. The summed E-state index contributed by atoms with van der Waals surface area (Å²) in [5.41, 5.74) is 2.76. The van der Waals surface area contributed by atoms with Crippen molar-refractivity contribution in [1.82, 2.24) is 4.90 Å². The van der Waals surface area contributed by atoms with Crippen molar-refractivity contribution < 1.29 is 0 Å². The number of hydrogen-bond acceptors (Lipinski definition) is 1. The summed E-state index contributed by atoms with van der Waals surface area (Å²) < 4.78 is 0. The summed E-state index contributed by atoms with van der Waals surface area (Å²) in [6.45, 7) is 2.15. The molecule has 76 valence electrons. The van der Waals surface area contributed by atoms with Gasteiger partial charge in [-0.3, -0.25) is 0 Å². The summed E-state index contributed by atoms with van der Waals surface area (Å²) in [5, 5.41) is 0. The van der Waals surface area contributed by atoms with Gasteiger partial charge in [0.2, 0.25) is 0 Å². The lowest BCUT2D eigenvalue weighted by atomic mass is 10.0. The van der Waals surface area contributed by atoms with Gasteiger partial charge >= 0.3 is 0 Å². The fourth-order valence-corrected chi connectivity index (χ4v) is 1.46. The lowest BCUT2D eigenvalue weighted by molar-refractivity contribution is 0.617. The van der Waals surface area contributed by atoms with E-state index in [0.29, 0.717) is 0 Å². The van der Waals surface area contributed by atoms with E-state index in [4.69, 9.17) is 12.2 Å². The number of aryl methyl sites for hydroxylation is 2. The van der Waals surface area contributed by atoms with E-state index in [0.717, 1.165) is 17.8 Å². The fraction of sp³-hybridized carbons (Fsp3) is 0.417. The zero-order valence-corrected chi connectivity index (χ0v) is 9.90. The molecule has 0 amide bonds. The van der Waals surface area contributed by atoms with E-state index in [1.165, 1.54) is 11.1 Å². The molecule has 1 nitrogen and oxygen atoms in total. The Balaban J connectivity index is 2.54. The van der Waals surface area contributed by atoms with Crippen molar-refractivity contribution in [3.8, 4) is 0 Å². The Morgan fingerprint density at radius 3 is 2.50 bits per heavy atom. The average molecular weight is 207 g/mol. The molecule has 0 fully saturated rings. The zero-order chi connectivity index (χ0) is 10.6. The first kappa shape index (κ1) is 11.2. The summed E-state index contributed by atoms with van der Waals surface area (Å²) in [6, 6.07) is 8.48. The van der Waals surface area contributed by atoms with E-state index in [9.17, 15) is 0 Å². The average Bonchev–Trinajstić information content (AvgIpc) is 2.16. The van der Waals surface area contributed by atoms with Crippen LogP contribution < -0.4 is 0 Å². The molecule has 0 aliphatic heterocycles. The van der Waals surface area contributed by atoms with Crippen LogP contribution in [0.4, 0.5) is 0 Å². The van der Waals surface area contributed by atoms with Gasteiger partial charge in [0.15, 0.2) is 0 Å². The molecule has 2 heteroatoms. The van der Waals surface area contributed by atoms with Crippen LogP contribution >= 0.6 is 12.2 Å². The molecule has 0 radical (unpaired) electrons. The van der Waals surface area contributed by atoms with Crippen LogP contribution in [0.1, 0.15) is 17.5 Å². The molecule has 1 rings (SSSR count). The third-order valence-corrected chi connectivity index (χ3v) is 2.94. The van der Waals surface area contributed by atoms with E-state index >= 15 is 0 Å². The molecule has 0 saturated carbocycles. The van der Waals surface area contributed by atoms with Crippen molar-refractivity contribution in [2.24, 2.45) is 0 Å². The molecular formula is C12H17NS. The minimum absolute atomic E-state index is 0.965. The Morgan fingerprint density at radius 2 is 1.93 bits per heavy atom. The molecule has 0 bridgehead atoms. The van der Waals surface area contributed by atoms with Crippen molar-refractivity contribution >= 4 is 17.2 Å². The second kappa shape index (κ2) is 5.11. The molecule has 0 spiro atoms. The monoisotopic (exact) mass is 207 g/mol. The van der Waals surface area contributed by atoms with Gasteiger partial charge in [-0.1, -0.05) is 36.5 Å². The summed E-state index contributed by atoms with van der Waals surface area (Å²) in [5.74, 6) is 0. The van der Waals surface area contributed by atoms with Gasteiger partial charge in [-0.15, -0.1) is 0 Å². The van der Waals surface area contributed by atoms with E-state index in [1.54, 1.807) is 0 Å². The third-order valence-electron chi connectivity index (χ3n) is 2.37. The Bertz CT molecular complexity index is 318. The van der Waals surface area contributed by atoms with Gasteiger partial charge in [0.25, 0.3) is 0 Å². The van der Waals surface area contributed by atoms with Gasteiger partial charge in [-0.25, -0.2) is 0 Å².